The van der Waals surface area contributed by atoms with Gasteiger partial charge in [0, 0.05) is 22.4 Å². The number of nitrogens with zero attached hydrogens (tertiary/aromatic N) is 4. The molecule has 4 rings (SSSR count). The molecular weight excluding hydrogens is 546 g/mol. The third-order valence-corrected chi connectivity index (χ3v) is 7.48. The Morgan fingerprint density at radius 1 is 0.976 bits per heavy atom. The first-order chi connectivity index (χ1) is 19.9. The van der Waals surface area contributed by atoms with Gasteiger partial charge in [-0.3, -0.25) is 9.36 Å². The van der Waals surface area contributed by atoms with Crippen molar-refractivity contribution in [2.24, 2.45) is 5.10 Å². The van der Waals surface area contributed by atoms with Gasteiger partial charge in [-0.2, -0.15) is 5.10 Å². The highest BCUT2D eigenvalue weighted by Gasteiger charge is 2.26. The second-order valence-electron chi connectivity index (χ2n) is 12.0. The fraction of sp³-hybridized carbons (Fsp3) is 0.333. The van der Waals surface area contributed by atoms with E-state index in [1.54, 1.807) is 6.21 Å². The molecule has 1 aromatic heterocycles. The average molecular weight is 586 g/mol. The van der Waals surface area contributed by atoms with Crippen molar-refractivity contribution < 1.29 is 14.6 Å². The van der Waals surface area contributed by atoms with Crippen molar-refractivity contribution in [1.29, 1.82) is 0 Å². The van der Waals surface area contributed by atoms with Crippen LogP contribution >= 0.6 is 11.8 Å². The van der Waals surface area contributed by atoms with Crippen molar-refractivity contribution in [2.45, 2.75) is 64.5 Å². The van der Waals surface area contributed by atoms with Crippen LogP contribution < -0.4 is 10.2 Å². The average Bonchev–Trinajstić information content (AvgIpc) is 3.36. The number of benzene rings is 3. The number of thioether (sulfide) groups is 1. The Kier molecular flexibility index (Phi) is 9.41. The molecule has 0 radical (unpaired) electrons. The van der Waals surface area contributed by atoms with Gasteiger partial charge in [0.05, 0.1) is 18.6 Å². The molecule has 220 valence electrons. The van der Waals surface area contributed by atoms with E-state index in [9.17, 15) is 9.90 Å². The summed E-state index contributed by atoms with van der Waals surface area (Å²) in [5, 5.41) is 24.6. The number of phenolic OH excluding ortho intramolecular Hbond substituents is 1. The van der Waals surface area contributed by atoms with Gasteiger partial charge in [0.1, 0.15) is 11.5 Å². The van der Waals surface area contributed by atoms with Gasteiger partial charge in [-0.15, -0.1) is 10.2 Å². The lowest BCUT2D eigenvalue weighted by molar-refractivity contribution is -0.118. The zero-order valence-electron chi connectivity index (χ0n) is 25.3. The van der Waals surface area contributed by atoms with Crippen LogP contribution in [0, 0.1) is 0 Å². The maximum atomic E-state index is 12.8. The first-order valence-corrected chi connectivity index (χ1v) is 14.9. The number of ether oxygens (including phenoxy) is 1. The topological polar surface area (TPSA) is 102 Å². The van der Waals surface area contributed by atoms with Crippen LogP contribution in [0.5, 0.6) is 11.5 Å². The normalized spacial score (nSPS) is 12.1. The van der Waals surface area contributed by atoms with Gasteiger partial charge in [0.2, 0.25) is 0 Å². The summed E-state index contributed by atoms with van der Waals surface area (Å²) in [5.41, 5.74) is 6.36. The second kappa shape index (κ2) is 12.8. The van der Waals surface area contributed by atoms with E-state index < -0.39 is 0 Å². The van der Waals surface area contributed by atoms with Crippen molar-refractivity contribution in [1.82, 2.24) is 20.2 Å². The zero-order valence-corrected chi connectivity index (χ0v) is 26.1. The number of phenols is 1. The van der Waals surface area contributed by atoms with Gasteiger partial charge in [-0.05, 0) is 59.7 Å². The molecule has 1 amide bonds. The first-order valence-electron chi connectivity index (χ1n) is 13.9. The Bertz CT molecular complexity index is 1510. The molecule has 0 saturated carbocycles. The molecule has 0 fully saturated rings. The predicted molar refractivity (Wildman–Crippen MR) is 170 cm³/mol. The van der Waals surface area contributed by atoms with Crippen LogP contribution in [0.2, 0.25) is 0 Å². The van der Waals surface area contributed by atoms with Crippen LogP contribution in [-0.2, 0) is 15.6 Å². The van der Waals surface area contributed by atoms with Crippen LogP contribution in [0.25, 0.3) is 17.1 Å². The lowest BCUT2D eigenvalue weighted by Gasteiger charge is -2.27. The number of hydrogen-bond acceptors (Lipinski definition) is 7. The van der Waals surface area contributed by atoms with Crippen LogP contribution in [0.4, 0.5) is 0 Å². The first kappa shape index (κ1) is 30.8. The molecule has 3 aromatic carbocycles. The number of rotatable bonds is 9. The van der Waals surface area contributed by atoms with E-state index in [1.165, 1.54) is 11.8 Å². The lowest BCUT2D eigenvalue weighted by Crippen LogP contribution is -2.20. The molecule has 4 aromatic rings. The number of carbonyl (C=O) groups excluding carboxylic acids is 1. The van der Waals surface area contributed by atoms with Crippen LogP contribution in [0.1, 0.15) is 65.2 Å². The van der Waals surface area contributed by atoms with E-state index in [4.69, 9.17) is 4.74 Å². The largest absolute Gasteiger partial charge is 0.507 e. The summed E-state index contributed by atoms with van der Waals surface area (Å²) in [6.07, 6.45) is 1.61. The highest BCUT2D eigenvalue weighted by molar-refractivity contribution is 7.99. The minimum atomic E-state index is -0.273. The molecule has 0 spiro atoms. The number of nitrogens with one attached hydrogen (secondary N) is 1. The minimum Gasteiger partial charge on any atom is -0.507 e. The van der Waals surface area contributed by atoms with Crippen molar-refractivity contribution >= 4 is 23.9 Å². The van der Waals surface area contributed by atoms with Crippen molar-refractivity contribution in [3.63, 3.8) is 0 Å². The fourth-order valence-electron chi connectivity index (χ4n) is 4.44. The molecule has 2 N–H and O–H groups in total. The third kappa shape index (κ3) is 7.39. The Balaban J connectivity index is 1.52. The van der Waals surface area contributed by atoms with Gasteiger partial charge in [-0.25, -0.2) is 5.43 Å². The van der Waals surface area contributed by atoms with Gasteiger partial charge in [0.15, 0.2) is 11.0 Å². The maximum Gasteiger partial charge on any atom is 0.250 e. The molecule has 0 aliphatic rings. The molecule has 9 heteroatoms. The SMILES string of the molecule is CCOc1ccc(-n2c(SCC(=O)NN=Cc3cc(C(C)(C)C)c(O)c(C(C)(C)C)c3)nnc2-c2ccccc2)cc1. The molecule has 0 aliphatic heterocycles. The van der Waals surface area contributed by atoms with E-state index in [-0.39, 0.29) is 22.5 Å². The Hall–Kier alpha value is -4.11. The summed E-state index contributed by atoms with van der Waals surface area (Å²) in [5.74, 6) is 1.58. The van der Waals surface area contributed by atoms with Crippen molar-refractivity contribution in [2.75, 3.05) is 12.4 Å². The molecule has 8 nitrogen and oxygen atoms in total. The van der Waals surface area contributed by atoms with E-state index in [1.807, 2.05) is 78.2 Å². The highest BCUT2D eigenvalue weighted by atomic mass is 32.2. The zero-order chi connectivity index (χ0) is 30.5. The van der Waals surface area contributed by atoms with Crippen LogP contribution in [0.3, 0.4) is 0 Å². The Morgan fingerprint density at radius 3 is 2.17 bits per heavy atom. The maximum absolute atomic E-state index is 12.8. The number of aromatic hydroxyl groups is 1. The fourth-order valence-corrected chi connectivity index (χ4v) is 5.19. The van der Waals surface area contributed by atoms with Crippen LogP contribution in [0.15, 0.2) is 77.0 Å². The van der Waals surface area contributed by atoms with E-state index in [2.05, 4.69) is 62.3 Å². The number of hydrogen-bond donors (Lipinski definition) is 2. The van der Waals surface area contributed by atoms with E-state index in [0.29, 0.717) is 23.3 Å². The lowest BCUT2D eigenvalue weighted by atomic mass is 9.78. The van der Waals surface area contributed by atoms with Crippen molar-refractivity contribution in [3.8, 4) is 28.6 Å². The molecule has 42 heavy (non-hydrogen) atoms. The minimum absolute atomic E-state index is 0.0946. The molecular formula is C33H39N5O3S. The summed E-state index contributed by atoms with van der Waals surface area (Å²) in [7, 11) is 0. The van der Waals surface area contributed by atoms with Crippen molar-refractivity contribution in [3.05, 3.63) is 83.4 Å². The number of hydrazone groups is 1. The summed E-state index contributed by atoms with van der Waals surface area (Å²) in [4.78, 5) is 12.8. The molecule has 0 bridgehead atoms. The summed E-state index contributed by atoms with van der Waals surface area (Å²) < 4.78 is 7.53. The summed E-state index contributed by atoms with van der Waals surface area (Å²) in [6, 6.07) is 21.4. The second-order valence-corrected chi connectivity index (χ2v) is 12.9. The van der Waals surface area contributed by atoms with Gasteiger partial charge in [-0.1, -0.05) is 83.6 Å². The van der Waals surface area contributed by atoms with Gasteiger partial charge in [0.25, 0.3) is 5.91 Å². The molecule has 1 heterocycles. The molecule has 0 unspecified atom stereocenters. The highest BCUT2D eigenvalue weighted by Crippen LogP contribution is 2.39. The number of carbonyl (C=O) groups is 1. The monoisotopic (exact) mass is 585 g/mol. The predicted octanol–water partition coefficient (Wildman–Crippen LogP) is 6.88. The van der Waals surface area contributed by atoms with Gasteiger partial charge < -0.3 is 9.84 Å². The standard InChI is InChI=1S/C33H39N5O3S/c1-8-41-25-16-14-24(15-17-25)38-30(23-12-10-9-11-13-23)36-37-31(38)42-21-28(39)35-34-20-22-18-26(32(2,3)4)29(40)27(19-22)33(5,6)7/h9-20,40H,8,21H2,1-7H3,(H,35,39). The molecule has 0 saturated heterocycles. The van der Waals surface area contributed by atoms with E-state index in [0.717, 1.165) is 33.7 Å². The third-order valence-electron chi connectivity index (χ3n) is 6.55. The smallest absolute Gasteiger partial charge is 0.250 e. The van der Waals surface area contributed by atoms with Gasteiger partial charge >= 0.3 is 0 Å². The number of amides is 1. The van der Waals surface area contributed by atoms with E-state index >= 15 is 0 Å². The quantitative estimate of drug-likeness (QED) is 0.126. The van der Waals surface area contributed by atoms with Crippen LogP contribution in [-0.4, -0.2) is 44.4 Å². The Labute approximate surface area is 252 Å². The summed E-state index contributed by atoms with van der Waals surface area (Å²) >= 11 is 1.28. The Morgan fingerprint density at radius 2 is 1.60 bits per heavy atom. The molecule has 0 atom stereocenters. The molecule has 0 aliphatic carbocycles. The summed E-state index contributed by atoms with van der Waals surface area (Å²) in [6.45, 7) is 14.9. The number of aromatic nitrogens is 3.